The first kappa shape index (κ1) is 15.4. The van der Waals surface area contributed by atoms with E-state index in [2.05, 4.69) is 5.32 Å². The van der Waals surface area contributed by atoms with Gasteiger partial charge in [0.25, 0.3) is 0 Å². The molecule has 1 aromatic carbocycles. The molecular weight excluding hydrogens is 284 g/mol. The van der Waals surface area contributed by atoms with Crippen LogP contribution in [0.25, 0.3) is 0 Å². The van der Waals surface area contributed by atoms with Gasteiger partial charge in [0, 0.05) is 12.1 Å². The summed E-state index contributed by atoms with van der Waals surface area (Å²) < 4.78 is 49.2. The van der Waals surface area contributed by atoms with Crippen LogP contribution < -0.4 is 5.32 Å². The SMILES string of the molecule is CNC(Cc1cc(F)cc(F)c1)CC1CCS(=O)(=O)C1. The molecule has 6 heteroatoms. The van der Waals surface area contributed by atoms with E-state index in [9.17, 15) is 17.2 Å². The Balaban J connectivity index is 1.99. The highest BCUT2D eigenvalue weighted by atomic mass is 32.2. The molecule has 0 aromatic heterocycles. The van der Waals surface area contributed by atoms with Crippen LogP contribution in [0.1, 0.15) is 18.4 Å². The van der Waals surface area contributed by atoms with Crippen molar-refractivity contribution in [2.45, 2.75) is 25.3 Å². The predicted molar refractivity (Wildman–Crippen MR) is 74.3 cm³/mol. The van der Waals surface area contributed by atoms with Crippen LogP contribution in [0.3, 0.4) is 0 Å². The van der Waals surface area contributed by atoms with Gasteiger partial charge < -0.3 is 5.32 Å². The second kappa shape index (κ2) is 6.18. The zero-order chi connectivity index (χ0) is 14.8. The summed E-state index contributed by atoms with van der Waals surface area (Å²) in [6.07, 6.45) is 1.87. The van der Waals surface area contributed by atoms with Gasteiger partial charge in [0.05, 0.1) is 11.5 Å². The monoisotopic (exact) mass is 303 g/mol. The van der Waals surface area contributed by atoms with Gasteiger partial charge in [0.2, 0.25) is 0 Å². The van der Waals surface area contributed by atoms with Crippen molar-refractivity contribution in [2.75, 3.05) is 18.6 Å². The molecule has 0 spiro atoms. The molecule has 2 atom stereocenters. The molecule has 1 aliphatic rings. The van der Waals surface area contributed by atoms with Gasteiger partial charge in [-0.3, -0.25) is 0 Å². The van der Waals surface area contributed by atoms with Gasteiger partial charge in [0.1, 0.15) is 11.6 Å². The van der Waals surface area contributed by atoms with Gasteiger partial charge in [-0.2, -0.15) is 0 Å². The molecule has 2 unspecified atom stereocenters. The number of rotatable bonds is 5. The van der Waals surface area contributed by atoms with E-state index in [-0.39, 0.29) is 23.5 Å². The lowest BCUT2D eigenvalue weighted by Gasteiger charge is -2.19. The van der Waals surface area contributed by atoms with Gasteiger partial charge in [-0.05, 0) is 49.9 Å². The van der Waals surface area contributed by atoms with Gasteiger partial charge >= 0.3 is 0 Å². The van der Waals surface area contributed by atoms with Gasteiger partial charge in [-0.1, -0.05) is 0 Å². The van der Waals surface area contributed by atoms with Crippen molar-refractivity contribution in [3.05, 3.63) is 35.4 Å². The van der Waals surface area contributed by atoms with Crippen LogP contribution in [0.5, 0.6) is 0 Å². The maximum absolute atomic E-state index is 13.1. The first-order chi connectivity index (χ1) is 9.38. The summed E-state index contributed by atoms with van der Waals surface area (Å²) in [5, 5.41) is 3.10. The highest BCUT2D eigenvalue weighted by Crippen LogP contribution is 2.24. The number of nitrogens with one attached hydrogen (secondary N) is 1. The van der Waals surface area contributed by atoms with Crippen LogP contribution in [-0.4, -0.2) is 33.0 Å². The minimum absolute atomic E-state index is 0.0227. The molecular formula is C14H19F2NO2S. The van der Waals surface area contributed by atoms with Crippen molar-refractivity contribution in [2.24, 2.45) is 5.92 Å². The third-order valence-electron chi connectivity index (χ3n) is 3.76. The maximum atomic E-state index is 13.1. The van der Waals surface area contributed by atoms with Crippen molar-refractivity contribution >= 4 is 9.84 Å². The Morgan fingerprint density at radius 2 is 1.95 bits per heavy atom. The number of hydrogen-bond donors (Lipinski definition) is 1. The Hall–Kier alpha value is -1.01. The molecule has 0 amide bonds. The second-order valence-electron chi connectivity index (χ2n) is 5.47. The van der Waals surface area contributed by atoms with Crippen molar-refractivity contribution < 1.29 is 17.2 Å². The Labute approximate surface area is 118 Å². The van der Waals surface area contributed by atoms with E-state index in [1.54, 1.807) is 7.05 Å². The average Bonchev–Trinajstić information content (AvgIpc) is 2.66. The molecule has 1 saturated heterocycles. The third-order valence-corrected chi connectivity index (χ3v) is 5.59. The summed E-state index contributed by atoms with van der Waals surface area (Å²) in [5.41, 5.74) is 0.586. The van der Waals surface area contributed by atoms with E-state index in [1.165, 1.54) is 12.1 Å². The zero-order valence-electron chi connectivity index (χ0n) is 11.4. The van der Waals surface area contributed by atoms with Crippen LogP contribution in [0.4, 0.5) is 8.78 Å². The van der Waals surface area contributed by atoms with Crippen molar-refractivity contribution in [3.63, 3.8) is 0 Å². The van der Waals surface area contributed by atoms with E-state index >= 15 is 0 Å². The normalized spacial score (nSPS) is 22.9. The molecule has 0 aliphatic carbocycles. The highest BCUT2D eigenvalue weighted by Gasteiger charge is 2.29. The van der Waals surface area contributed by atoms with E-state index in [0.717, 1.165) is 6.07 Å². The fraction of sp³-hybridized carbons (Fsp3) is 0.571. The van der Waals surface area contributed by atoms with Crippen LogP contribution in [0.15, 0.2) is 18.2 Å². The molecule has 1 heterocycles. The number of hydrogen-bond acceptors (Lipinski definition) is 3. The lowest BCUT2D eigenvalue weighted by Crippen LogP contribution is -2.30. The number of benzene rings is 1. The van der Waals surface area contributed by atoms with E-state index in [1.807, 2.05) is 0 Å². The van der Waals surface area contributed by atoms with Crippen molar-refractivity contribution in [3.8, 4) is 0 Å². The lowest BCUT2D eigenvalue weighted by molar-refractivity contribution is 0.423. The first-order valence-corrected chi connectivity index (χ1v) is 8.53. The van der Waals surface area contributed by atoms with Gasteiger partial charge in [0.15, 0.2) is 9.84 Å². The first-order valence-electron chi connectivity index (χ1n) is 6.70. The maximum Gasteiger partial charge on any atom is 0.150 e. The number of likely N-dealkylation sites (N-methyl/N-ethyl adjacent to an activating group) is 1. The standard InChI is InChI=1S/C14H19F2NO2S/c1-17-14(6-10-2-3-20(18,19)9-10)7-11-4-12(15)8-13(16)5-11/h4-5,8,10,14,17H,2-3,6-7,9H2,1H3. The summed E-state index contributed by atoms with van der Waals surface area (Å²) in [7, 11) is -1.10. The van der Waals surface area contributed by atoms with Crippen LogP contribution in [-0.2, 0) is 16.3 Å². The van der Waals surface area contributed by atoms with E-state index < -0.39 is 21.5 Å². The number of sulfone groups is 1. The molecule has 1 aromatic rings. The quantitative estimate of drug-likeness (QED) is 0.904. The molecule has 0 radical (unpaired) electrons. The second-order valence-corrected chi connectivity index (χ2v) is 7.70. The molecule has 3 nitrogen and oxygen atoms in total. The summed E-state index contributed by atoms with van der Waals surface area (Å²) >= 11 is 0. The third kappa shape index (κ3) is 4.24. The minimum atomic E-state index is -2.88. The molecule has 1 aliphatic heterocycles. The smallest absolute Gasteiger partial charge is 0.150 e. The topological polar surface area (TPSA) is 46.2 Å². The van der Waals surface area contributed by atoms with Crippen molar-refractivity contribution in [1.82, 2.24) is 5.32 Å². The summed E-state index contributed by atoms with van der Waals surface area (Å²) in [4.78, 5) is 0. The van der Waals surface area contributed by atoms with E-state index in [4.69, 9.17) is 0 Å². The molecule has 1 fully saturated rings. The predicted octanol–water partition coefficient (Wildman–Crippen LogP) is 1.92. The molecule has 2 rings (SSSR count). The molecule has 1 N–H and O–H groups in total. The molecule has 0 saturated carbocycles. The zero-order valence-corrected chi connectivity index (χ0v) is 12.2. The summed E-state index contributed by atoms with van der Waals surface area (Å²) in [6, 6.07) is 3.51. The van der Waals surface area contributed by atoms with Crippen LogP contribution in [0.2, 0.25) is 0 Å². The molecule has 112 valence electrons. The molecule has 20 heavy (non-hydrogen) atoms. The largest absolute Gasteiger partial charge is 0.317 e. The van der Waals surface area contributed by atoms with Gasteiger partial charge in [-0.15, -0.1) is 0 Å². The number of halogens is 2. The summed E-state index contributed by atoms with van der Waals surface area (Å²) in [6.45, 7) is 0. The Morgan fingerprint density at radius 3 is 2.45 bits per heavy atom. The summed E-state index contributed by atoms with van der Waals surface area (Å²) in [5.74, 6) is -0.557. The molecule has 0 bridgehead atoms. The van der Waals surface area contributed by atoms with Gasteiger partial charge in [-0.25, -0.2) is 17.2 Å². The Kier molecular flexibility index (Phi) is 4.75. The fourth-order valence-corrected chi connectivity index (χ4v) is 4.66. The van der Waals surface area contributed by atoms with Crippen LogP contribution >= 0.6 is 0 Å². The van der Waals surface area contributed by atoms with E-state index in [0.29, 0.717) is 24.8 Å². The fourth-order valence-electron chi connectivity index (χ4n) is 2.78. The Morgan fingerprint density at radius 1 is 1.30 bits per heavy atom. The van der Waals surface area contributed by atoms with Crippen molar-refractivity contribution in [1.29, 1.82) is 0 Å². The Bertz CT molecular complexity index is 554. The van der Waals surface area contributed by atoms with Crippen LogP contribution in [0, 0.1) is 17.6 Å². The highest BCUT2D eigenvalue weighted by molar-refractivity contribution is 7.91. The minimum Gasteiger partial charge on any atom is -0.317 e. The lowest BCUT2D eigenvalue weighted by atomic mass is 9.94. The average molecular weight is 303 g/mol.